The third-order valence-electron chi connectivity index (χ3n) is 2.15. The van der Waals surface area contributed by atoms with Gasteiger partial charge in [0.1, 0.15) is 12.4 Å². The molecular weight excluding hydrogens is 221 g/mol. The Bertz CT molecular complexity index is 470. The number of nitrogens with zero attached hydrogens (tertiary/aromatic N) is 2. The van der Waals surface area contributed by atoms with Crippen molar-refractivity contribution in [3.8, 4) is 17.1 Å². The zero-order valence-electron chi connectivity index (χ0n) is 9.14. The maximum absolute atomic E-state index is 12.7. The SMILES string of the molecule is NCCOc1ccc(-c2ccc(F)cc2)nn1. The van der Waals surface area contributed by atoms with Crippen LogP contribution in [0.15, 0.2) is 36.4 Å². The monoisotopic (exact) mass is 233 g/mol. The van der Waals surface area contributed by atoms with Crippen molar-refractivity contribution in [1.29, 1.82) is 0 Å². The Morgan fingerprint density at radius 1 is 1.06 bits per heavy atom. The number of nitrogens with two attached hydrogens (primary N) is 1. The Balaban J connectivity index is 2.14. The van der Waals surface area contributed by atoms with Crippen molar-refractivity contribution >= 4 is 0 Å². The number of benzene rings is 1. The van der Waals surface area contributed by atoms with Crippen molar-refractivity contribution in [1.82, 2.24) is 10.2 Å². The van der Waals surface area contributed by atoms with Gasteiger partial charge in [0.15, 0.2) is 0 Å². The summed E-state index contributed by atoms with van der Waals surface area (Å²) in [7, 11) is 0. The van der Waals surface area contributed by atoms with Crippen LogP contribution in [0, 0.1) is 5.82 Å². The number of aromatic nitrogens is 2. The van der Waals surface area contributed by atoms with E-state index in [1.807, 2.05) is 0 Å². The predicted molar refractivity (Wildman–Crippen MR) is 62.0 cm³/mol. The van der Waals surface area contributed by atoms with E-state index in [4.69, 9.17) is 10.5 Å². The summed E-state index contributed by atoms with van der Waals surface area (Å²) in [4.78, 5) is 0. The molecule has 1 aromatic carbocycles. The molecule has 0 atom stereocenters. The van der Waals surface area contributed by atoms with E-state index in [1.165, 1.54) is 12.1 Å². The number of ether oxygens (including phenoxy) is 1. The smallest absolute Gasteiger partial charge is 0.233 e. The van der Waals surface area contributed by atoms with Crippen LogP contribution in [0.4, 0.5) is 4.39 Å². The molecule has 0 aliphatic carbocycles. The van der Waals surface area contributed by atoms with Crippen molar-refractivity contribution in [2.75, 3.05) is 13.2 Å². The fourth-order valence-corrected chi connectivity index (χ4v) is 1.34. The number of hydrogen-bond acceptors (Lipinski definition) is 4. The maximum Gasteiger partial charge on any atom is 0.233 e. The van der Waals surface area contributed by atoms with Crippen LogP contribution >= 0.6 is 0 Å². The van der Waals surface area contributed by atoms with Crippen molar-refractivity contribution in [2.45, 2.75) is 0 Å². The molecule has 2 aromatic rings. The molecule has 4 nitrogen and oxygen atoms in total. The van der Waals surface area contributed by atoms with E-state index in [1.54, 1.807) is 24.3 Å². The molecule has 1 heterocycles. The second-order valence-corrected chi connectivity index (χ2v) is 3.40. The fraction of sp³-hybridized carbons (Fsp3) is 0.167. The lowest BCUT2D eigenvalue weighted by molar-refractivity contribution is 0.312. The average Bonchev–Trinajstić information content (AvgIpc) is 2.38. The molecule has 0 bridgehead atoms. The molecule has 88 valence electrons. The summed E-state index contributed by atoms with van der Waals surface area (Å²) in [5, 5.41) is 7.89. The molecule has 2 rings (SSSR count). The molecule has 0 spiro atoms. The van der Waals surface area contributed by atoms with Gasteiger partial charge >= 0.3 is 0 Å². The lowest BCUT2D eigenvalue weighted by Crippen LogP contribution is -2.11. The molecule has 0 aliphatic rings. The Morgan fingerprint density at radius 3 is 2.41 bits per heavy atom. The highest BCUT2D eigenvalue weighted by atomic mass is 19.1. The van der Waals surface area contributed by atoms with E-state index >= 15 is 0 Å². The van der Waals surface area contributed by atoms with Crippen LogP contribution in [-0.4, -0.2) is 23.3 Å². The first-order valence-corrected chi connectivity index (χ1v) is 5.22. The van der Waals surface area contributed by atoms with Crippen LogP contribution in [0.2, 0.25) is 0 Å². The Hall–Kier alpha value is -2.01. The van der Waals surface area contributed by atoms with Crippen molar-refractivity contribution in [2.24, 2.45) is 5.73 Å². The summed E-state index contributed by atoms with van der Waals surface area (Å²) in [6.07, 6.45) is 0. The van der Waals surface area contributed by atoms with Crippen molar-refractivity contribution in [3.63, 3.8) is 0 Å². The third kappa shape index (κ3) is 2.98. The van der Waals surface area contributed by atoms with Crippen molar-refractivity contribution < 1.29 is 9.13 Å². The van der Waals surface area contributed by atoms with Crippen LogP contribution in [0.3, 0.4) is 0 Å². The van der Waals surface area contributed by atoms with Gasteiger partial charge in [-0.3, -0.25) is 0 Å². The summed E-state index contributed by atoms with van der Waals surface area (Å²) in [6, 6.07) is 9.55. The first-order valence-electron chi connectivity index (χ1n) is 5.22. The van der Waals surface area contributed by atoms with Gasteiger partial charge in [-0.05, 0) is 30.3 Å². The van der Waals surface area contributed by atoms with Gasteiger partial charge < -0.3 is 10.5 Å². The van der Waals surface area contributed by atoms with E-state index in [0.717, 1.165) is 5.56 Å². The van der Waals surface area contributed by atoms with Crippen LogP contribution < -0.4 is 10.5 Å². The van der Waals surface area contributed by atoms with Gasteiger partial charge in [0.05, 0.1) is 5.69 Å². The van der Waals surface area contributed by atoms with Gasteiger partial charge in [-0.15, -0.1) is 10.2 Å². The summed E-state index contributed by atoms with van der Waals surface area (Å²) in [5.41, 5.74) is 6.78. The van der Waals surface area contributed by atoms with Crippen LogP contribution in [-0.2, 0) is 0 Å². The summed E-state index contributed by atoms with van der Waals surface area (Å²) in [5.74, 6) is 0.158. The topological polar surface area (TPSA) is 61.0 Å². The Kier molecular flexibility index (Phi) is 3.62. The number of rotatable bonds is 4. The molecule has 0 radical (unpaired) electrons. The Morgan fingerprint density at radius 2 is 1.82 bits per heavy atom. The molecule has 1 aromatic heterocycles. The van der Waals surface area contributed by atoms with Gasteiger partial charge in [0.2, 0.25) is 5.88 Å². The molecule has 2 N–H and O–H groups in total. The molecule has 5 heteroatoms. The Labute approximate surface area is 98.2 Å². The summed E-state index contributed by atoms with van der Waals surface area (Å²) >= 11 is 0. The summed E-state index contributed by atoms with van der Waals surface area (Å²) < 4.78 is 17.9. The van der Waals surface area contributed by atoms with Crippen LogP contribution in [0.5, 0.6) is 5.88 Å². The molecule has 0 amide bonds. The fourth-order valence-electron chi connectivity index (χ4n) is 1.34. The van der Waals surface area contributed by atoms with Gasteiger partial charge in [0.25, 0.3) is 0 Å². The van der Waals surface area contributed by atoms with Gasteiger partial charge in [-0.25, -0.2) is 4.39 Å². The second kappa shape index (κ2) is 5.36. The normalized spacial score (nSPS) is 10.2. The molecule has 0 fully saturated rings. The molecule has 17 heavy (non-hydrogen) atoms. The quantitative estimate of drug-likeness (QED) is 0.871. The van der Waals surface area contributed by atoms with Crippen LogP contribution in [0.25, 0.3) is 11.3 Å². The standard InChI is InChI=1S/C12H12FN3O/c13-10-3-1-9(2-4-10)11-5-6-12(16-15-11)17-8-7-14/h1-6H,7-8,14H2. The van der Waals surface area contributed by atoms with Crippen LogP contribution in [0.1, 0.15) is 0 Å². The highest BCUT2D eigenvalue weighted by Gasteiger charge is 2.01. The first kappa shape index (κ1) is 11.5. The minimum atomic E-state index is -0.274. The minimum absolute atomic E-state index is 0.274. The highest BCUT2D eigenvalue weighted by Crippen LogP contribution is 2.17. The largest absolute Gasteiger partial charge is 0.475 e. The van der Waals surface area contributed by atoms with Gasteiger partial charge in [-0.2, -0.15) is 0 Å². The van der Waals surface area contributed by atoms with Gasteiger partial charge in [-0.1, -0.05) is 0 Å². The second-order valence-electron chi connectivity index (χ2n) is 3.40. The third-order valence-corrected chi connectivity index (χ3v) is 2.15. The maximum atomic E-state index is 12.7. The van der Waals surface area contributed by atoms with E-state index < -0.39 is 0 Å². The number of hydrogen-bond donors (Lipinski definition) is 1. The molecule has 0 saturated carbocycles. The number of halogens is 1. The average molecular weight is 233 g/mol. The molecular formula is C12H12FN3O. The first-order chi connectivity index (χ1) is 8.29. The molecule has 0 saturated heterocycles. The molecule has 0 aliphatic heterocycles. The molecule has 0 unspecified atom stereocenters. The minimum Gasteiger partial charge on any atom is -0.475 e. The highest BCUT2D eigenvalue weighted by molar-refractivity contribution is 5.58. The lowest BCUT2D eigenvalue weighted by atomic mass is 10.1. The summed E-state index contributed by atoms with van der Waals surface area (Å²) in [6.45, 7) is 0.839. The lowest BCUT2D eigenvalue weighted by Gasteiger charge is -2.03. The zero-order chi connectivity index (χ0) is 12.1. The van der Waals surface area contributed by atoms with E-state index in [-0.39, 0.29) is 5.82 Å². The zero-order valence-corrected chi connectivity index (χ0v) is 9.14. The van der Waals surface area contributed by atoms with Crippen molar-refractivity contribution in [3.05, 3.63) is 42.2 Å². The van der Waals surface area contributed by atoms with E-state index in [0.29, 0.717) is 24.7 Å². The van der Waals surface area contributed by atoms with E-state index in [2.05, 4.69) is 10.2 Å². The van der Waals surface area contributed by atoms with Gasteiger partial charge in [0, 0.05) is 18.2 Å². The predicted octanol–water partition coefficient (Wildman–Crippen LogP) is 1.62. The van der Waals surface area contributed by atoms with E-state index in [9.17, 15) is 4.39 Å².